The molecule has 0 radical (unpaired) electrons. The second-order valence-corrected chi connectivity index (χ2v) is 7.93. The maximum Gasteiger partial charge on any atom is 0.322 e. The highest BCUT2D eigenvalue weighted by molar-refractivity contribution is 6.04. The first-order valence-corrected chi connectivity index (χ1v) is 10.2. The Kier molecular flexibility index (Phi) is 7.14. The molecule has 8 nitrogen and oxygen atoms in total. The summed E-state index contributed by atoms with van der Waals surface area (Å²) in [5.41, 5.74) is 1.87. The third-order valence-electron chi connectivity index (χ3n) is 5.20. The Morgan fingerprint density at radius 3 is 2.41 bits per heavy atom. The van der Waals surface area contributed by atoms with E-state index in [4.69, 9.17) is 9.47 Å². The highest BCUT2D eigenvalue weighted by Gasteiger charge is 2.23. The molecular weight excluding hydrogens is 408 g/mol. The lowest BCUT2D eigenvalue weighted by Crippen LogP contribution is -2.43. The summed E-state index contributed by atoms with van der Waals surface area (Å²) in [6, 6.07) is 12.4. The molecule has 0 fully saturated rings. The zero-order valence-corrected chi connectivity index (χ0v) is 18.7. The number of rotatable bonds is 7. The summed E-state index contributed by atoms with van der Waals surface area (Å²) in [4.78, 5) is 30.5. The summed E-state index contributed by atoms with van der Waals surface area (Å²) in [5.74, 6) is 0.806. The molecule has 1 aliphatic heterocycles. The van der Waals surface area contributed by atoms with Crippen molar-refractivity contribution in [3.8, 4) is 11.5 Å². The number of hydrogen-bond donors (Lipinski definition) is 2. The third-order valence-corrected chi connectivity index (χ3v) is 5.20. The van der Waals surface area contributed by atoms with Crippen LogP contribution in [0.25, 0.3) is 0 Å². The number of nitrogens with one attached hydrogen (secondary N) is 2. The van der Waals surface area contributed by atoms with Crippen LogP contribution in [0.2, 0.25) is 0 Å². The predicted octanol–water partition coefficient (Wildman–Crippen LogP) is 3.80. The van der Waals surface area contributed by atoms with Crippen LogP contribution in [0.3, 0.4) is 0 Å². The zero-order valence-electron chi connectivity index (χ0n) is 18.7. The van der Waals surface area contributed by atoms with Gasteiger partial charge < -0.3 is 20.1 Å². The molecule has 1 heterocycles. The first-order valence-electron chi connectivity index (χ1n) is 10.2. The largest absolute Gasteiger partial charge is 0.493 e. The molecule has 0 aromatic heterocycles. The van der Waals surface area contributed by atoms with E-state index in [1.54, 1.807) is 43.8 Å². The molecule has 2 aromatic rings. The summed E-state index contributed by atoms with van der Waals surface area (Å²) >= 11 is 0. The molecule has 2 N–H and O–H groups in total. The van der Waals surface area contributed by atoms with Crippen LogP contribution in [-0.2, 0) is 5.41 Å². The standard InChI is InChI=1S/C24H28N4O4/c1-24(2,15-26-23(30)28-13-5-12-25-16-28)18-7-9-19(10-8-18)27-22(29)17-6-11-20(31-3)21(14-17)32-4/h5-14H,15-16H2,1-4H3,(H,26,30)(H,27,29). The number of nitrogens with zero attached hydrogens (tertiary/aromatic N) is 2. The Labute approximate surface area is 187 Å². The van der Waals surface area contributed by atoms with Crippen molar-refractivity contribution in [2.75, 3.05) is 32.7 Å². The Bertz CT molecular complexity index is 1030. The van der Waals surface area contributed by atoms with Crippen molar-refractivity contribution in [1.29, 1.82) is 0 Å². The van der Waals surface area contributed by atoms with E-state index in [-0.39, 0.29) is 17.4 Å². The third kappa shape index (κ3) is 5.46. The van der Waals surface area contributed by atoms with E-state index in [0.29, 0.717) is 36.0 Å². The van der Waals surface area contributed by atoms with Gasteiger partial charge >= 0.3 is 6.03 Å². The number of ether oxygens (including phenoxy) is 2. The molecule has 0 bridgehead atoms. The van der Waals surface area contributed by atoms with E-state index < -0.39 is 0 Å². The topological polar surface area (TPSA) is 92.3 Å². The van der Waals surface area contributed by atoms with Crippen LogP contribution in [0.4, 0.5) is 10.5 Å². The molecule has 168 valence electrons. The number of carbonyl (C=O) groups is 2. The van der Waals surface area contributed by atoms with Gasteiger partial charge in [0.2, 0.25) is 0 Å². The number of anilines is 1. The Morgan fingerprint density at radius 2 is 1.78 bits per heavy atom. The first-order chi connectivity index (χ1) is 15.3. The van der Waals surface area contributed by atoms with Gasteiger partial charge in [0.05, 0.1) is 14.2 Å². The summed E-state index contributed by atoms with van der Waals surface area (Å²) in [6.45, 7) is 4.87. The van der Waals surface area contributed by atoms with Crippen molar-refractivity contribution in [3.63, 3.8) is 0 Å². The molecule has 0 saturated heterocycles. The number of methoxy groups -OCH3 is 2. The fourth-order valence-corrected chi connectivity index (χ4v) is 3.20. The molecule has 32 heavy (non-hydrogen) atoms. The number of aliphatic imine (C=N–C) groups is 1. The van der Waals surface area contributed by atoms with Gasteiger partial charge in [0.1, 0.15) is 6.67 Å². The summed E-state index contributed by atoms with van der Waals surface area (Å²) in [5, 5.41) is 5.84. The highest BCUT2D eigenvalue weighted by atomic mass is 16.5. The maximum absolute atomic E-state index is 12.6. The van der Waals surface area contributed by atoms with Crippen LogP contribution >= 0.6 is 0 Å². The molecule has 8 heteroatoms. The smallest absolute Gasteiger partial charge is 0.322 e. The lowest BCUT2D eigenvalue weighted by molar-refractivity contribution is 0.102. The fourth-order valence-electron chi connectivity index (χ4n) is 3.20. The maximum atomic E-state index is 12.6. The summed E-state index contributed by atoms with van der Waals surface area (Å²) < 4.78 is 10.5. The van der Waals surface area contributed by atoms with Crippen LogP contribution < -0.4 is 20.1 Å². The second kappa shape index (κ2) is 10.00. The molecule has 0 unspecified atom stereocenters. The van der Waals surface area contributed by atoms with E-state index >= 15 is 0 Å². The summed E-state index contributed by atoms with van der Waals surface area (Å²) in [6.07, 6.45) is 5.09. The summed E-state index contributed by atoms with van der Waals surface area (Å²) in [7, 11) is 3.07. The van der Waals surface area contributed by atoms with Crippen LogP contribution in [0, 0.1) is 0 Å². The molecule has 3 rings (SSSR count). The number of hydrogen-bond acceptors (Lipinski definition) is 5. The van der Waals surface area contributed by atoms with Crippen molar-refractivity contribution in [3.05, 3.63) is 65.9 Å². The van der Waals surface area contributed by atoms with Gasteiger partial charge in [-0.3, -0.25) is 14.7 Å². The molecule has 1 aliphatic rings. The van der Waals surface area contributed by atoms with Gasteiger partial charge in [0.25, 0.3) is 5.91 Å². The first kappa shape index (κ1) is 22.9. The molecule has 0 spiro atoms. The van der Waals surface area contributed by atoms with Crippen molar-refractivity contribution in [2.24, 2.45) is 4.99 Å². The lowest BCUT2D eigenvalue weighted by atomic mass is 9.84. The molecule has 0 atom stereocenters. The van der Waals surface area contributed by atoms with E-state index in [2.05, 4.69) is 29.5 Å². The van der Waals surface area contributed by atoms with Crippen molar-refractivity contribution < 1.29 is 19.1 Å². The number of allylic oxidation sites excluding steroid dienone is 1. The van der Waals surface area contributed by atoms with Gasteiger partial charge in [-0.05, 0) is 42.0 Å². The molecular formula is C24H28N4O4. The SMILES string of the molecule is COc1ccc(C(=O)Nc2ccc(C(C)(C)CNC(=O)N3C=CC=NC3)cc2)cc1OC. The highest BCUT2D eigenvalue weighted by Crippen LogP contribution is 2.28. The van der Waals surface area contributed by atoms with Gasteiger partial charge in [-0.15, -0.1) is 0 Å². The minimum atomic E-state index is -0.301. The van der Waals surface area contributed by atoms with E-state index in [9.17, 15) is 9.59 Å². The van der Waals surface area contributed by atoms with Crippen molar-refractivity contribution in [2.45, 2.75) is 19.3 Å². The monoisotopic (exact) mass is 436 g/mol. The quantitative estimate of drug-likeness (QED) is 0.691. The van der Waals surface area contributed by atoms with Crippen LogP contribution in [-0.4, -0.2) is 50.5 Å². The van der Waals surface area contributed by atoms with Gasteiger partial charge in [0.15, 0.2) is 11.5 Å². The molecule has 0 aliphatic carbocycles. The second-order valence-electron chi connectivity index (χ2n) is 7.93. The Hall–Kier alpha value is -3.81. The lowest BCUT2D eigenvalue weighted by Gasteiger charge is -2.27. The van der Waals surface area contributed by atoms with Crippen molar-refractivity contribution >= 4 is 23.8 Å². The van der Waals surface area contributed by atoms with Crippen LogP contribution in [0.15, 0.2) is 59.7 Å². The van der Waals surface area contributed by atoms with Crippen LogP contribution in [0.1, 0.15) is 29.8 Å². The molecule has 2 aromatic carbocycles. The minimum Gasteiger partial charge on any atom is -0.493 e. The Morgan fingerprint density at radius 1 is 1.06 bits per heavy atom. The normalized spacial score (nSPS) is 12.9. The minimum absolute atomic E-state index is 0.190. The number of benzene rings is 2. The number of amides is 3. The van der Waals surface area contributed by atoms with E-state index in [1.807, 2.05) is 24.3 Å². The molecule has 3 amide bonds. The van der Waals surface area contributed by atoms with E-state index in [0.717, 1.165) is 5.56 Å². The van der Waals surface area contributed by atoms with Gasteiger partial charge in [-0.2, -0.15) is 0 Å². The number of carbonyl (C=O) groups excluding carboxylic acids is 2. The zero-order chi connectivity index (χ0) is 23.1. The van der Waals surface area contributed by atoms with Gasteiger partial charge in [-0.25, -0.2) is 4.79 Å². The average Bonchev–Trinajstić information content (AvgIpc) is 2.83. The van der Waals surface area contributed by atoms with E-state index in [1.165, 1.54) is 12.0 Å². The van der Waals surface area contributed by atoms with Gasteiger partial charge in [-0.1, -0.05) is 26.0 Å². The number of urea groups is 1. The van der Waals surface area contributed by atoms with Gasteiger partial charge in [0, 0.05) is 35.6 Å². The predicted molar refractivity (Wildman–Crippen MR) is 125 cm³/mol. The van der Waals surface area contributed by atoms with Crippen LogP contribution in [0.5, 0.6) is 11.5 Å². The van der Waals surface area contributed by atoms with Crippen molar-refractivity contribution in [1.82, 2.24) is 10.2 Å². The average molecular weight is 437 g/mol. The molecule has 0 saturated carbocycles. The fraction of sp³-hybridized carbons (Fsp3) is 0.292. The Balaban J connectivity index is 1.61.